The van der Waals surface area contributed by atoms with Crippen LogP contribution >= 0.6 is 0 Å². The van der Waals surface area contributed by atoms with E-state index in [-0.39, 0.29) is 42.4 Å². The second-order valence-corrected chi connectivity index (χ2v) is 4.72. The van der Waals surface area contributed by atoms with Crippen LogP contribution in [0.25, 0.3) is 0 Å². The molecule has 21 heavy (non-hydrogen) atoms. The Morgan fingerprint density at radius 3 is 1.71 bits per heavy atom. The minimum atomic E-state index is -0.730. The van der Waals surface area contributed by atoms with E-state index in [1.54, 1.807) is 0 Å². The van der Waals surface area contributed by atoms with Gasteiger partial charge in [-0.15, -0.1) is 0 Å². The van der Waals surface area contributed by atoms with Crippen LogP contribution in [0.3, 0.4) is 0 Å². The van der Waals surface area contributed by atoms with E-state index in [0.29, 0.717) is 0 Å². The fraction of sp³-hybridized carbons (Fsp3) is 0.667. The van der Waals surface area contributed by atoms with Crippen molar-refractivity contribution in [3.63, 3.8) is 0 Å². The fourth-order valence-corrected chi connectivity index (χ4v) is 1.81. The summed E-state index contributed by atoms with van der Waals surface area (Å²) in [7, 11) is 0. The van der Waals surface area contributed by atoms with Gasteiger partial charge >= 0.3 is 47.5 Å². The molecular weight excluding hydrogens is 283 g/mol. The van der Waals surface area contributed by atoms with Crippen LogP contribution in [0.4, 0.5) is 0 Å². The van der Waals surface area contributed by atoms with E-state index >= 15 is 0 Å². The van der Waals surface area contributed by atoms with Gasteiger partial charge in [-0.2, -0.15) is 0 Å². The molecule has 0 aliphatic rings. The van der Waals surface area contributed by atoms with E-state index in [0.717, 1.165) is 57.4 Å². The van der Waals surface area contributed by atoms with Crippen molar-refractivity contribution < 1.29 is 24.2 Å². The van der Waals surface area contributed by atoms with Gasteiger partial charge in [0.2, 0.25) is 0 Å². The van der Waals surface area contributed by atoms with Gasteiger partial charge < -0.3 is 9.84 Å². The Labute approximate surface area is 148 Å². The summed E-state index contributed by atoms with van der Waals surface area (Å²) < 4.78 is 4.45. The molecule has 116 valence electrons. The van der Waals surface area contributed by atoms with Crippen LogP contribution in [0.2, 0.25) is 0 Å². The zero-order valence-electron chi connectivity index (χ0n) is 11.9. The molecule has 0 aromatic carbocycles. The average Bonchev–Trinajstić information content (AvgIpc) is 2.40. The summed E-state index contributed by atoms with van der Waals surface area (Å²) in [6.45, 7) is 3.22. The number of rotatable bonds is 12. The van der Waals surface area contributed by atoms with Crippen LogP contribution in [0, 0.1) is 0 Å². The molecule has 0 aliphatic carbocycles. The fourth-order valence-electron chi connectivity index (χ4n) is 1.81. The SMILES string of the molecule is C=CC(=O)OC(=O)CCCCCCCCCCC(=O)O.[NaH]. The normalized spacial score (nSPS) is 9.52. The number of aliphatic carboxylic acids is 1. The molecule has 0 radical (unpaired) electrons. The summed E-state index contributed by atoms with van der Waals surface area (Å²) in [5.74, 6) is -1.92. The van der Waals surface area contributed by atoms with Gasteiger partial charge in [-0.3, -0.25) is 9.59 Å². The number of hydrogen-bond acceptors (Lipinski definition) is 4. The number of unbranched alkanes of at least 4 members (excludes halogenated alkanes) is 7. The summed E-state index contributed by atoms with van der Waals surface area (Å²) in [4.78, 5) is 32.1. The maximum absolute atomic E-state index is 11.1. The van der Waals surface area contributed by atoms with E-state index in [2.05, 4.69) is 11.3 Å². The van der Waals surface area contributed by atoms with Crippen LogP contribution in [0.15, 0.2) is 12.7 Å². The van der Waals surface area contributed by atoms with Crippen molar-refractivity contribution in [2.24, 2.45) is 0 Å². The molecule has 0 aromatic heterocycles. The molecule has 0 aliphatic heterocycles. The van der Waals surface area contributed by atoms with Crippen LogP contribution in [0.1, 0.15) is 64.2 Å². The molecule has 0 saturated heterocycles. The second-order valence-electron chi connectivity index (χ2n) is 4.72. The number of ether oxygens (including phenoxy) is 1. The number of carbonyl (C=O) groups is 3. The van der Waals surface area contributed by atoms with Crippen LogP contribution in [-0.2, 0) is 19.1 Å². The summed E-state index contributed by atoms with van der Waals surface area (Å²) in [5.41, 5.74) is 0. The molecule has 0 atom stereocenters. The molecule has 0 heterocycles. The van der Waals surface area contributed by atoms with Crippen LogP contribution < -0.4 is 0 Å². The number of esters is 2. The quantitative estimate of drug-likeness (QED) is 0.197. The monoisotopic (exact) mass is 308 g/mol. The minimum absolute atomic E-state index is 0. The third-order valence-corrected chi connectivity index (χ3v) is 2.90. The first-order valence-electron chi connectivity index (χ1n) is 7.15. The van der Waals surface area contributed by atoms with Crippen molar-refractivity contribution in [2.45, 2.75) is 64.2 Å². The number of hydrogen-bond donors (Lipinski definition) is 1. The molecule has 0 saturated carbocycles. The van der Waals surface area contributed by atoms with Gasteiger partial charge in [0.25, 0.3) is 0 Å². The van der Waals surface area contributed by atoms with E-state index in [1.165, 1.54) is 0 Å². The molecule has 0 amide bonds. The molecule has 0 aromatic rings. The Balaban J connectivity index is 0. The van der Waals surface area contributed by atoms with Crippen molar-refractivity contribution in [1.29, 1.82) is 0 Å². The number of carboxylic acid groups (broad SMARTS) is 1. The van der Waals surface area contributed by atoms with Gasteiger partial charge in [-0.1, -0.05) is 45.1 Å². The first-order chi connectivity index (χ1) is 9.56. The molecule has 0 unspecified atom stereocenters. The predicted molar refractivity (Wildman–Crippen MR) is 82.3 cm³/mol. The van der Waals surface area contributed by atoms with Gasteiger partial charge in [0.05, 0.1) is 0 Å². The number of carboxylic acids is 1. The van der Waals surface area contributed by atoms with Crippen molar-refractivity contribution >= 4 is 47.5 Å². The summed E-state index contributed by atoms with van der Waals surface area (Å²) in [6.07, 6.45) is 9.15. The Morgan fingerprint density at radius 1 is 0.857 bits per heavy atom. The zero-order chi connectivity index (χ0) is 15.2. The first-order valence-corrected chi connectivity index (χ1v) is 7.15. The molecule has 6 heteroatoms. The molecule has 1 N–H and O–H groups in total. The van der Waals surface area contributed by atoms with Crippen molar-refractivity contribution in [3.8, 4) is 0 Å². The summed E-state index contributed by atoms with van der Waals surface area (Å²) in [6, 6.07) is 0. The van der Waals surface area contributed by atoms with Gasteiger partial charge in [0.1, 0.15) is 0 Å². The van der Waals surface area contributed by atoms with Crippen LogP contribution in [-0.4, -0.2) is 52.6 Å². The molecule has 0 spiro atoms. The Kier molecular flexibility index (Phi) is 17.0. The van der Waals surface area contributed by atoms with E-state index in [4.69, 9.17) is 5.11 Å². The number of carbonyl (C=O) groups excluding carboxylic acids is 2. The third kappa shape index (κ3) is 17.3. The van der Waals surface area contributed by atoms with Crippen molar-refractivity contribution in [2.75, 3.05) is 0 Å². The first kappa shape index (κ1) is 22.6. The van der Waals surface area contributed by atoms with Crippen LogP contribution in [0.5, 0.6) is 0 Å². The molecule has 0 rings (SSSR count). The van der Waals surface area contributed by atoms with E-state index < -0.39 is 17.9 Å². The Hall–Kier alpha value is -0.650. The van der Waals surface area contributed by atoms with Crippen molar-refractivity contribution in [3.05, 3.63) is 12.7 Å². The Morgan fingerprint density at radius 2 is 1.29 bits per heavy atom. The van der Waals surface area contributed by atoms with Crippen molar-refractivity contribution in [1.82, 2.24) is 0 Å². The van der Waals surface area contributed by atoms with Gasteiger partial charge in [-0.05, 0) is 12.8 Å². The predicted octanol–water partition coefficient (Wildman–Crippen LogP) is 2.58. The maximum atomic E-state index is 11.1. The summed E-state index contributed by atoms with van der Waals surface area (Å²) >= 11 is 0. The topological polar surface area (TPSA) is 80.7 Å². The standard InChI is InChI=1S/C15H24O5.Na.H/c1-2-14(18)20-15(19)12-10-8-6-4-3-5-7-9-11-13(16)17;;/h2H,1,3-12H2,(H,16,17);;. The third-order valence-electron chi connectivity index (χ3n) is 2.90. The van der Waals surface area contributed by atoms with E-state index in [1.807, 2.05) is 0 Å². The van der Waals surface area contributed by atoms with Gasteiger partial charge in [-0.25, -0.2) is 4.79 Å². The summed E-state index contributed by atoms with van der Waals surface area (Å²) in [5, 5.41) is 8.46. The van der Waals surface area contributed by atoms with Gasteiger partial charge in [0, 0.05) is 18.9 Å². The molecule has 0 fully saturated rings. The second kappa shape index (κ2) is 15.7. The molecular formula is C15H25NaO5. The van der Waals surface area contributed by atoms with E-state index in [9.17, 15) is 14.4 Å². The molecule has 0 bridgehead atoms. The van der Waals surface area contributed by atoms with Gasteiger partial charge in [0.15, 0.2) is 0 Å². The zero-order valence-corrected chi connectivity index (χ0v) is 11.9. The average molecular weight is 308 g/mol. The molecule has 5 nitrogen and oxygen atoms in total. The Bertz CT molecular complexity index is 328.